The van der Waals surface area contributed by atoms with Crippen molar-refractivity contribution >= 4 is 0 Å². The fourth-order valence-corrected chi connectivity index (χ4v) is 1.50. The van der Waals surface area contributed by atoms with E-state index in [1.54, 1.807) is 30.5 Å². The van der Waals surface area contributed by atoms with Crippen LogP contribution in [0.15, 0.2) is 35.0 Å². The first-order valence-corrected chi connectivity index (χ1v) is 5.23. The molecule has 0 saturated carbocycles. The highest BCUT2D eigenvalue weighted by molar-refractivity contribution is 5.30. The fourth-order valence-electron chi connectivity index (χ4n) is 1.50. The summed E-state index contributed by atoms with van der Waals surface area (Å²) in [5, 5.41) is 6.65. The van der Waals surface area contributed by atoms with Gasteiger partial charge in [0, 0.05) is 18.2 Å². The van der Waals surface area contributed by atoms with Crippen molar-refractivity contribution in [3.63, 3.8) is 0 Å². The fraction of sp³-hybridized carbons (Fsp3) is 0.250. The van der Waals surface area contributed by atoms with Gasteiger partial charge in [0.05, 0.1) is 19.9 Å². The van der Waals surface area contributed by atoms with E-state index in [0.717, 1.165) is 0 Å². The highest BCUT2D eigenvalue weighted by Gasteiger charge is 2.07. The Hall–Kier alpha value is -1.88. The lowest BCUT2D eigenvalue weighted by Crippen LogP contribution is -2.13. The van der Waals surface area contributed by atoms with Crippen LogP contribution < -0.4 is 10.1 Å². The molecule has 0 aliphatic carbocycles. The normalized spacial score (nSPS) is 10.5. The topological polar surface area (TPSA) is 47.3 Å². The third-order valence-corrected chi connectivity index (χ3v) is 2.37. The number of methoxy groups -OCH3 is 1. The third-order valence-electron chi connectivity index (χ3n) is 2.37. The maximum atomic E-state index is 13.7. The van der Waals surface area contributed by atoms with Crippen molar-refractivity contribution in [1.82, 2.24) is 10.5 Å². The predicted octanol–water partition coefficient (Wildman–Crippen LogP) is 2.11. The van der Waals surface area contributed by atoms with Gasteiger partial charge in [-0.1, -0.05) is 17.3 Å². The molecule has 0 aliphatic rings. The van der Waals surface area contributed by atoms with Gasteiger partial charge in [0.1, 0.15) is 5.76 Å². The van der Waals surface area contributed by atoms with Gasteiger partial charge in [-0.3, -0.25) is 0 Å². The lowest BCUT2D eigenvalue weighted by Gasteiger charge is -2.07. The van der Waals surface area contributed by atoms with Crippen molar-refractivity contribution in [3.8, 4) is 5.75 Å². The summed E-state index contributed by atoms with van der Waals surface area (Å²) in [6.45, 7) is 0.917. The van der Waals surface area contributed by atoms with Gasteiger partial charge >= 0.3 is 0 Å². The van der Waals surface area contributed by atoms with Crippen LogP contribution in [0.25, 0.3) is 0 Å². The lowest BCUT2D eigenvalue weighted by atomic mass is 10.2. The van der Waals surface area contributed by atoms with E-state index in [0.29, 0.717) is 24.4 Å². The van der Waals surface area contributed by atoms with Gasteiger partial charge in [-0.25, -0.2) is 4.39 Å². The van der Waals surface area contributed by atoms with E-state index in [4.69, 9.17) is 9.26 Å². The molecular weight excluding hydrogens is 223 g/mol. The number of nitrogens with one attached hydrogen (secondary N) is 1. The molecule has 0 radical (unpaired) electrons. The Labute approximate surface area is 98.4 Å². The van der Waals surface area contributed by atoms with Crippen molar-refractivity contribution in [1.29, 1.82) is 0 Å². The van der Waals surface area contributed by atoms with Crippen molar-refractivity contribution in [3.05, 3.63) is 47.6 Å². The van der Waals surface area contributed by atoms with Crippen LogP contribution in [0.5, 0.6) is 5.75 Å². The summed E-state index contributed by atoms with van der Waals surface area (Å²) in [6.07, 6.45) is 1.57. The average Bonchev–Trinajstić information content (AvgIpc) is 2.84. The molecular formula is C12H13FN2O2. The van der Waals surface area contributed by atoms with E-state index >= 15 is 0 Å². The number of nitrogens with zero attached hydrogens (tertiary/aromatic N) is 1. The average molecular weight is 236 g/mol. The SMILES string of the molecule is COc1cccc(CNCc2ccno2)c1F. The maximum Gasteiger partial charge on any atom is 0.169 e. The molecule has 2 aromatic rings. The van der Waals surface area contributed by atoms with E-state index in [2.05, 4.69) is 10.5 Å². The van der Waals surface area contributed by atoms with Crippen molar-refractivity contribution in [2.75, 3.05) is 7.11 Å². The number of ether oxygens (including phenoxy) is 1. The van der Waals surface area contributed by atoms with Gasteiger partial charge in [0.2, 0.25) is 0 Å². The van der Waals surface area contributed by atoms with Gasteiger partial charge in [-0.15, -0.1) is 0 Å². The van der Waals surface area contributed by atoms with Crippen molar-refractivity contribution < 1.29 is 13.7 Å². The minimum atomic E-state index is -0.333. The summed E-state index contributed by atoms with van der Waals surface area (Å²) in [5.41, 5.74) is 0.559. The Kier molecular flexibility index (Phi) is 3.72. The number of aromatic nitrogens is 1. The Bertz CT molecular complexity index is 471. The van der Waals surface area contributed by atoms with Crippen LogP contribution in [0.2, 0.25) is 0 Å². The summed E-state index contributed by atoms with van der Waals surface area (Å²) in [4.78, 5) is 0. The van der Waals surface area contributed by atoms with E-state index in [-0.39, 0.29) is 11.6 Å². The number of rotatable bonds is 5. The van der Waals surface area contributed by atoms with E-state index < -0.39 is 0 Å². The molecule has 1 aromatic carbocycles. The summed E-state index contributed by atoms with van der Waals surface area (Å²) in [5.74, 6) is 0.636. The number of hydrogen-bond donors (Lipinski definition) is 1. The summed E-state index contributed by atoms with van der Waals surface area (Å²) in [6, 6.07) is 6.82. The molecule has 0 fully saturated rings. The van der Waals surface area contributed by atoms with E-state index in [9.17, 15) is 4.39 Å². The summed E-state index contributed by atoms with van der Waals surface area (Å²) in [7, 11) is 1.45. The second kappa shape index (κ2) is 5.45. The van der Waals surface area contributed by atoms with Gasteiger partial charge in [0.25, 0.3) is 0 Å². The molecule has 5 heteroatoms. The molecule has 17 heavy (non-hydrogen) atoms. The minimum absolute atomic E-state index is 0.254. The van der Waals surface area contributed by atoms with E-state index in [1.807, 2.05) is 0 Å². The third kappa shape index (κ3) is 2.82. The van der Waals surface area contributed by atoms with Crippen LogP contribution in [0.3, 0.4) is 0 Å². The molecule has 0 atom stereocenters. The zero-order valence-electron chi connectivity index (χ0n) is 9.44. The molecule has 90 valence electrons. The Morgan fingerprint density at radius 3 is 2.94 bits per heavy atom. The zero-order valence-corrected chi connectivity index (χ0v) is 9.44. The number of hydrogen-bond acceptors (Lipinski definition) is 4. The van der Waals surface area contributed by atoms with Crippen LogP contribution in [0.1, 0.15) is 11.3 Å². The van der Waals surface area contributed by atoms with Crippen LogP contribution >= 0.6 is 0 Å². The summed E-state index contributed by atoms with van der Waals surface area (Å²) >= 11 is 0. The molecule has 0 saturated heterocycles. The quantitative estimate of drug-likeness (QED) is 0.863. The van der Waals surface area contributed by atoms with Crippen LogP contribution in [0, 0.1) is 5.82 Å². The largest absolute Gasteiger partial charge is 0.494 e. The number of halogens is 1. The Morgan fingerprint density at radius 1 is 1.35 bits per heavy atom. The molecule has 0 spiro atoms. The monoisotopic (exact) mass is 236 g/mol. The Morgan fingerprint density at radius 2 is 2.24 bits per heavy atom. The Balaban J connectivity index is 1.95. The minimum Gasteiger partial charge on any atom is -0.494 e. The van der Waals surface area contributed by atoms with Gasteiger partial charge in [-0.05, 0) is 6.07 Å². The molecule has 2 rings (SSSR count). The van der Waals surface area contributed by atoms with E-state index in [1.165, 1.54) is 7.11 Å². The van der Waals surface area contributed by atoms with Crippen molar-refractivity contribution in [2.45, 2.75) is 13.1 Å². The first kappa shape index (κ1) is 11.6. The highest BCUT2D eigenvalue weighted by Crippen LogP contribution is 2.19. The molecule has 1 heterocycles. The molecule has 0 aliphatic heterocycles. The molecule has 1 aromatic heterocycles. The maximum absolute atomic E-state index is 13.7. The second-order valence-electron chi connectivity index (χ2n) is 3.52. The molecule has 4 nitrogen and oxygen atoms in total. The molecule has 1 N–H and O–H groups in total. The smallest absolute Gasteiger partial charge is 0.169 e. The molecule has 0 bridgehead atoms. The zero-order chi connectivity index (χ0) is 12.1. The molecule has 0 unspecified atom stereocenters. The van der Waals surface area contributed by atoms with Gasteiger partial charge in [-0.2, -0.15) is 0 Å². The van der Waals surface area contributed by atoms with Crippen LogP contribution in [-0.2, 0) is 13.1 Å². The van der Waals surface area contributed by atoms with Gasteiger partial charge in [0.15, 0.2) is 11.6 Å². The summed E-state index contributed by atoms with van der Waals surface area (Å²) < 4.78 is 23.6. The van der Waals surface area contributed by atoms with Gasteiger partial charge < -0.3 is 14.6 Å². The first-order chi connectivity index (χ1) is 8.31. The standard InChI is InChI=1S/C12H13FN2O2/c1-16-11-4-2-3-9(12(11)13)7-14-8-10-5-6-15-17-10/h2-6,14H,7-8H2,1H3. The first-order valence-electron chi connectivity index (χ1n) is 5.23. The highest BCUT2D eigenvalue weighted by atomic mass is 19.1. The second-order valence-corrected chi connectivity index (χ2v) is 3.52. The van der Waals surface area contributed by atoms with Crippen LogP contribution in [0.4, 0.5) is 4.39 Å². The van der Waals surface area contributed by atoms with Crippen molar-refractivity contribution in [2.24, 2.45) is 0 Å². The predicted molar refractivity (Wildman–Crippen MR) is 60.0 cm³/mol. The lowest BCUT2D eigenvalue weighted by molar-refractivity contribution is 0.369. The molecule has 0 amide bonds. The van der Waals surface area contributed by atoms with Crippen LogP contribution in [-0.4, -0.2) is 12.3 Å². The number of benzene rings is 1.